The Labute approximate surface area is 145 Å². The average Bonchev–Trinajstić information content (AvgIpc) is 2.65. The first-order valence-electron chi connectivity index (χ1n) is 9.75. The maximum atomic E-state index is 6.36. The van der Waals surface area contributed by atoms with Gasteiger partial charge in [0.25, 0.3) is 0 Å². The van der Waals surface area contributed by atoms with E-state index in [0.29, 0.717) is 12.2 Å². The van der Waals surface area contributed by atoms with E-state index in [-0.39, 0.29) is 0 Å². The fourth-order valence-corrected chi connectivity index (χ4v) is 4.17. The number of benzene rings is 2. The molecule has 2 aliphatic carbocycles. The predicted molar refractivity (Wildman–Crippen MR) is 99.0 cm³/mol. The molecule has 2 nitrogen and oxygen atoms in total. The summed E-state index contributed by atoms with van der Waals surface area (Å²) in [5.41, 5.74) is 0. The van der Waals surface area contributed by atoms with Crippen molar-refractivity contribution in [3.63, 3.8) is 0 Å². The van der Waals surface area contributed by atoms with Crippen LogP contribution in [0.2, 0.25) is 0 Å². The molecule has 0 spiro atoms. The Bertz CT molecular complexity index is 608. The van der Waals surface area contributed by atoms with Crippen LogP contribution in [0.3, 0.4) is 0 Å². The summed E-state index contributed by atoms with van der Waals surface area (Å²) >= 11 is 0. The molecule has 2 aliphatic rings. The molecule has 0 bridgehead atoms. The maximum Gasteiger partial charge on any atom is 0.127 e. The summed E-state index contributed by atoms with van der Waals surface area (Å²) in [6, 6.07) is 12.8. The summed E-state index contributed by atoms with van der Waals surface area (Å²) in [4.78, 5) is 0. The first-order chi connectivity index (χ1) is 11.9. The monoisotopic (exact) mass is 324 g/mol. The van der Waals surface area contributed by atoms with E-state index in [2.05, 4.69) is 36.4 Å². The van der Waals surface area contributed by atoms with E-state index in [9.17, 15) is 0 Å². The van der Waals surface area contributed by atoms with Crippen LogP contribution in [0.5, 0.6) is 11.5 Å². The highest BCUT2D eigenvalue weighted by molar-refractivity contribution is 5.93. The van der Waals surface area contributed by atoms with Crippen LogP contribution in [0.15, 0.2) is 36.4 Å². The molecule has 0 atom stereocenters. The van der Waals surface area contributed by atoms with Crippen LogP contribution in [-0.4, -0.2) is 12.2 Å². The van der Waals surface area contributed by atoms with Gasteiger partial charge in [-0.1, -0.05) is 37.1 Å². The van der Waals surface area contributed by atoms with Crippen LogP contribution >= 0.6 is 0 Å². The smallest absolute Gasteiger partial charge is 0.127 e. The summed E-state index contributed by atoms with van der Waals surface area (Å²) in [5, 5.41) is 2.38. The molecule has 0 unspecified atom stereocenters. The molecule has 128 valence electrons. The number of hydrogen-bond donors (Lipinski definition) is 0. The number of ether oxygens (including phenoxy) is 2. The minimum absolute atomic E-state index is 0.382. The van der Waals surface area contributed by atoms with Gasteiger partial charge in [-0.3, -0.25) is 0 Å². The van der Waals surface area contributed by atoms with Crippen molar-refractivity contribution < 1.29 is 9.47 Å². The lowest BCUT2D eigenvalue weighted by molar-refractivity contribution is 0.153. The van der Waals surface area contributed by atoms with Crippen LogP contribution in [0.1, 0.15) is 64.2 Å². The fourth-order valence-electron chi connectivity index (χ4n) is 4.17. The molecule has 0 saturated heterocycles. The van der Waals surface area contributed by atoms with Crippen LogP contribution in [-0.2, 0) is 0 Å². The van der Waals surface area contributed by atoms with Gasteiger partial charge in [-0.15, -0.1) is 0 Å². The van der Waals surface area contributed by atoms with Gasteiger partial charge in [0, 0.05) is 10.8 Å². The van der Waals surface area contributed by atoms with Crippen molar-refractivity contribution in [1.82, 2.24) is 0 Å². The number of fused-ring (bicyclic) bond motifs is 1. The van der Waals surface area contributed by atoms with Crippen LogP contribution in [0, 0.1) is 0 Å². The summed E-state index contributed by atoms with van der Waals surface area (Å²) in [6.07, 6.45) is 13.4. The quantitative estimate of drug-likeness (QED) is 0.660. The molecule has 2 aromatic rings. The van der Waals surface area contributed by atoms with E-state index in [1.807, 2.05) is 0 Å². The van der Waals surface area contributed by atoms with E-state index in [1.165, 1.54) is 75.0 Å². The van der Waals surface area contributed by atoms with Crippen LogP contribution in [0.25, 0.3) is 10.8 Å². The van der Waals surface area contributed by atoms with Gasteiger partial charge in [-0.05, 0) is 63.5 Å². The Morgan fingerprint density at radius 2 is 0.958 bits per heavy atom. The minimum atomic E-state index is 0.382. The molecule has 24 heavy (non-hydrogen) atoms. The molecule has 2 aromatic carbocycles. The fraction of sp³-hybridized carbons (Fsp3) is 0.545. The van der Waals surface area contributed by atoms with E-state index in [1.54, 1.807) is 0 Å². The van der Waals surface area contributed by atoms with Crippen molar-refractivity contribution in [2.45, 2.75) is 76.4 Å². The zero-order valence-corrected chi connectivity index (χ0v) is 14.5. The third kappa shape index (κ3) is 3.53. The van der Waals surface area contributed by atoms with Crippen molar-refractivity contribution in [1.29, 1.82) is 0 Å². The van der Waals surface area contributed by atoms with Crippen LogP contribution in [0.4, 0.5) is 0 Å². The molecular formula is C22H28O2. The SMILES string of the molecule is c1ccc2c(OC3CCCCC3)ccc(OC3CCCCC3)c2c1. The highest BCUT2D eigenvalue weighted by atomic mass is 16.5. The summed E-state index contributed by atoms with van der Waals surface area (Å²) in [7, 11) is 0. The third-order valence-electron chi connectivity index (χ3n) is 5.54. The van der Waals surface area contributed by atoms with Gasteiger partial charge in [0.1, 0.15) is 11.5 Å². The molecule has 0 amide bonds. The molecule has 0 heterocycles. The highest BCUT2D eigenvalue weighted by Gasteiger charge is 2.19. The van der Waals surface area contributed by atoms with Crippen molar-refractivity contribution >= 4 is 10.8 Å². The largest absolute Gasteiger partial charge is 0.490 e. The zero-order chi connectivity index (χ0) is 16.2. The summed E-state index contributed by atoms with van der Waals surface area (Å²) in [5.74, 6) is 2.04. The van der Waals surface area contributed by atoms with Gasteiger partial charge in [0.15, 0.2) is 0 Å². The Kier molecular flexibility index (Phi) is 4.91. The second-order valence-corrected chi connectivity index (χ2v) is 7.36. The predicted octanol–water partition coefficient (Wildman–Crippen LogP) is 6.26. The highest BCUT2D eigenvalue weighted by Crippen LogP contribution is 2.36. The van der Waals surface area contributed by atoms with E-state index in [4.69, 9.17) is 9.47 Å². The number of rotatable bonds is 4. The Balaban J connectivity index is 1.58. The second-order valence-electron chi connectivity index (χ2n) is 7.36. The lowest BCUT2D eigenvalue weighted by Crippen LogP contribution is -2.20. The van der Waals surface area contributed by atoms with Gasteiger partial charge in [0.05, 0.1) is 12.2 Å². The minimum Gasteiger partial charge on any atom is -0.490 e. The van der Waals surface area contributed by atoms with Crippen molar-refractivity contribution in [3.8, 4) is 11.5 Å². The third-order valence-corrected chi connectivity index (χ3v) is 5.54. The molecule has 0 aromatic heterocycles. The van der Waals surface area contributed by atoms with Crippen molar-refractivity contribution in [2.24, 2.45) is 0 Å². The normalized spacial score (nSPS) is 20.2. The Morgan fingerprint density at radius 3 is 1.38 bits per heavy atom. The van der Waals surface area contributed by atoms with E-state index in [0.717, 1.165) is 11.5 Å². The van der Waals surface area contributed by atoms with Crippen molar-refractivity contribution in [3.05, 3.63) is 36.4 Å². The van der Waals surface area contributed by atoms with Gasteiger partial charge in [-0.25, -0.2) is 0 Å². The molecule has 4 rings (SSSR count). The van der Waals surface area contributed by atoms with Gasteiger partial charge >= 0.3 is 0 Å². The van der Waals surface area contributed by atoms with Gasteiger partial charge < -0.3 is 9.47 Å². The molecule has 0 aliphatic heterocycles. The second kappa shape index (κ2) is 7.46. The maximum absolute atomic E-state index is 6.36. The molecule has 0 radical (unpaired) electrons. The van der Waals surface area contributed by atoms with Gasteiger partial charge in [-0.2, -0.15) is 0 Å². The first-order valence-corrected chi connectivity index (χ1v) is 9.75. The molecule has 2 heteroatoms. The zero-order valence-electron chi connectivity index (χ0n) is 14.5. The average molecular weight is 324 g/mol. The topological polar surface area (TPSA) is 18.5 Å². The number of hydrogen-bond acceptors (Lipinski definition) is 2. The molecule has 2 saturated carbocycles. The standard InChI is InChI=1S/C22H28O2/c1-3-9-17(10-4-1)23-21-15-16-22(20-14-8-7-13-19(20)21)24-18-11-5-2-6-12-18/h7-8,13-18H,1-6,9-12H2. The van der Waals surface area contributed by atoms with Crippen molar-refractivity contribution in [2.75, 3.05) is 0 Å². The summed E-state index contributed by atoms with van der Waals surface area (Å²) in [6.45, 7) is 0. The van der Waals surface area contributed by atoms with E-state index >= 15 is 0 Å². The van der Waals surface area contributed by atoms with Gasteiger partial charge in [0.2, 0.25) is 0 Å². The first kappa shape index (κ1) is 15.8. The Morgan fingerprint density at radius 1 is 0.542 bits per heavy atom. The molecule has 2 fully saturated rings. The molecular weight excluding hydrogens is 296 g/mol. The molecule has 0 N–H and O–H groups in total. The lowest BCUT2D eigenvalue weighted by atomic mass is 9.97. The van der Waals surface area contributed by atoms with E-state index < -0.39 is 0 Å². The van der Waals surface area contributed by atoms with Crippen LogP contribution < -0.4 is 9.47 Å². The lowest BCUT2D eigenvalue weighted by Gasteiger charge is -2.26. The summed E-state index contributed by atoms with van der Waals surface area (Å²) < 4.78 is 12.7. The Hall–Kier alpha value is -1.70.